The first-order valence-electron chi connectivity index (χ1n) is 8.46. The van der Waals surface area contributed by atoms with Gasteiger partial charge in [-0.2, -0.15) is 0 Å². The zero-order valence-electron chi connectivity index (χ0n) is 14.7. The number of ether oxygens (including phenoxy) is 1. The third-order valence-electron chi connectivity index (χ3n) is 3.77. The van der Waals surface area contributed by atoms with E-state index in [1.165, 1.54) is 11.8 Å². The molecule has 0 saturated carbocycles. The summed E-state index contributed by atoms with van der Waals surface area (Å²) in [5.74, 6) is -0.0968. The Bertz CT molecular complexity index is 885. The first kappa shape index (κ1) is 20.0. The normalized spacial score (nSPS) is 17.3. The summed E-state index contributed by atoms with van der Waals surface area (Å²) in [6, 6.07) is 14.8. The van der Waals surface area contributed by atoms with Gasteiger partial charge in [-0.05, 0) is 54.6 Å². The van der Waals surface area contributed by atoms with Crippen molar-refractivity contribution in [3.63, 3.8) is 0 Å². The molecule has 1 aliphatic heterocycles. The number of nitrogens with zero attached hydrogens (tertiary/aromatic N) is 2. The Morgan fingerprint density at radius 3 is 2.63 bits per heavy atom. The van der Waals surface area contributed by atoms with Gasteiger partial charge in [-0.3, -0.25) is 9.69 Å². The van der Waals surface area contributed by atoms with Crippen LogP contribution in [0.4, 0.5) is 5.69 Å². The summed E-state index contributed by atoms with van der Waals surface area (Å²) in [7, 11) is 0. The van der Waals surface area contributed by atoms with E-state index in [2.05, 4.69) is 4.99 Å². The first-order valence-corrected chi connectivity index (χ1v) is 10.0. The Labute approximate surface area is 172 Å². The number of hydrogen-bond donors (Lipinski definition) is 0. The maximum Gasteiger partial charge on any atom is 0.266 e. The maximum atomic E-state index is 12.9. The van der Waals surface area contributed by atoms with E-state index in [1.54, 1.807) is 23.1 Å². The number of amidine groups is 1. The molecule has 0 atom stereocenters. The van der Waals surface area contributed by atoms with Gasteiger partial charge in [-0.25, -0.2) is 4.99 Å². The van der Waals surface area contributed by atoms with Crippen LogP contribution in [0.3, 0.4) is 0 Å². The minimum Gasteiger partial charge on any atom is -0.380 e. The molecule has 3 rings (SSSR count). The standard InChI is InChI=1S/C20H18Cl2N2O2S/c1-2-26-11-10-24-19(25)18(13-14-8-9-16(21)17(22)12-14)27-20(24)23-15-6-4-3-5-7-15/h3-9,12-13H,2,10-11H2,1H3/b18-13-,23-20?. The van der Waals surface area contributed by atoms with Crippen LogP contribution in [0.5, 0.6) is 0 Å². The minimum atomic E-state index is -0.0968. The molecule has 7 heteroatoms. The van der Waals surface area contributed by atoms with Crippen molar-refractivity contribution in [1.82, 2.24) is 4.90 Å². The maximum absolute atomic E-state index is 12.9. The zero-order chi connectivity index (χ0) is 19.2. The van der Waals surface area contributed by atoms with Crippen molar-refractivity contribution >= 4 is 57.8 Å². The Hall–Kier alpha value is -1.79. The third-order valence-corrected chi connectivity index (χ3v) is 5.52. The number of aliphatic imine (C=N–C) groups is 1. The fraction of sp³-hybridized carbons (Fsp3) is 0.200. The number of rotatable bonds is 6. The molecule has 0 aromatic heterocycles. The van der Waals surface area contributed by atoms with Gasteiger partial charge < -0.3 is 4.74 Å². The van der Waals surface area contributed by atoms with Crippen LogP contribution >= 0.6 is 35.0 Å². The Kier molecular flexibility index (Phi) is 6.96. The molecule has 0 bridgehead atoms. The van der Waals surface area contributed by atoms with Gasteiger partial charge in [-0.15, -0.1) is 0 Å². The van der Waals surface area contributed by atoms with E-state index in [9.17, 15) is 4.79 Å². The van der Waals surface area contributed by atoms with E-state index in [-0.39, 0.29) is 5.91 Å². The van der Waals surface area contributed by atoms with Gasteiger partial charge in [0.1, 0.15) is 0 Å². The molecular formula is C20H18Cl2N2O2S. The highest BCUT2D eigenvalue weighted by Crippen LogP contribution is 2.34. The highest BCUT2D eigenvalue weighted by atomic mass is 35.5. The van der Waals surface area contributed by atoms with Crippen molar-refractivity contribution in [2.45, 2.75) is 6.92 Å². The third kappa shape index (κ3) is 5.14. The average Bonchev–Trinajstić information content (AvgIpc) is 2.94. The topological polar surface area (TPSA) is 41.9 Å². The molecule has 0 aliphatic carbocycles. The van der Waals surface area contributed by atoms with E-state index < -0.39 is 0 Å². The molecule has 1 saturated heterocycles. The zero-order valence-corrected chi connectivity index (χ0v) is 17.0. The summed E-state index contributed by atoms with van der Waals surface area (Å²) >= 11 is 13.4. The van der Waals surface area contributed by atoms with Gasteiger partial charge in [0.2, 0.25) is 0 Å². The van der Waals surface area contributed by atoms with Crippen molar-refractivity contribution in [3.8, 4) is 0 Å². The second kappa shape index (κ2) is 9.42. The lowest BCUT2D eigenvalue weighted by Crippen LogP contribution is -2.32. The van der Waals surface area contributed by atoms with Gasteiger partial charge in [0.25, 0.3) is 5.91 Å². The SMILES string of the molecule is CCOCCN1C(=O)/C(=C/c2ccc(Cl)c(Cl)c2)SC1=Nc1ccccc1. The molecular weight excluding hydrogens is 403 g/mol. The predicted octanol–water partition coefficient (Wildman–Crippen LogP) is 5.63. The summed E-state index contributed by atoms with van der Waals surface area (Å²) in [6.45, 7) is 3.43. The summed E-state index contributed by atoms with van der Waals surface area (Å²) in [6.07, 6.45) is 1.80. The van der Waals surface area contributed by atoms with Crippen LogP contribution in [0, 0.1) is 0 Å². The Morgan fingerprint density at radius 1 is 1.15 bits per heavy atom. The summed E-state index contributed by atoms with van der Waals surface area (Å²) < 4.78 is 5.42. The predicted molar refractivity (Wildman–Crippen MR) is 114 cm³/mol. The van der Waals surface area contributed by atoms with Crippen molar-refractivity contribution in [1.29, 1.82) is 0 Å². The molecule has 1 aliphatic rings. The largest absolute Gasteiger partial charge is 0.380 e. The van der Waals surface area contributed by atoms with Gasteiger partial charge >= 0.3 is 0 Å². The van der Waals surface area contributed by atoms with Gasteiger partial charge in [0, 0.05) is 6.61 Å². The highest BCUT2D eigenvalue weighted by molar-refractivity contribution is 8.18. The lowest BCUT2D eigenvalue weighted by Gasteiger charge is -2.15. The summed E-state index contributed by atoms with van der Waals surface area (Å²) in [5, 5.41) is 1.57. The second-order valence-electron chi connectivity index (χ2n) is 5.67. The van der Waals surface area contributed by atoms with Crippen LogP contribution < -0.4 is 0 Å². The van der Waals surface area contributed by atoms with Crippen molar-refractivity contribution < 1.29 is 9.53 Å². The molecule has 4 nitrogen and oxygen atoms in total. The molecule has 1 amide bonds. The molecule has 0 unspecified atom stereocenters. The number of carbonyl (C=O) groups is 1. The molecule has 27 heavy (non-hydrogen) atoms. The van der Waals surface area contributed by atoms with E-state index in [0.717, 1.165) is 11.3 Å². The monoisotopic (exact) mass is 420 g/mol. The molecule has 1 heterocycles. The smallest absolute Gasteiger partial charge is 0.266 e. The van der Waals surface area contributed by atoms with Crippen molar-refractivity contribution in [2.75, 3.05) is 19.8 Å². The van der Waals surface area contributed by atoms with Crippen LogP contribution in [0.2, 0.25) is 10.0 Å². The van der Waals surface area contributed by atoms with Crippen LogP contribution in [0.15, 0.2) is 58.4 Å². The molecule has 0 spiro atoms. The summed E-state index contributed by atoms with van der Waals surface area (Å²) in [5.41, 5.74) is 1.61. The van der Waals surface area contributed by atoms with Crippen LogP contribution in [-0.2, 0) is 9.53 Å². The van der Waals surface area contributed by atoms with E-state index >= 15 is 0 Å². The average molecular weight is 421 g/mol. The quantitative estimate of drug-likeness (QED) is 0.448. The fourth-order valence-corrected chi connectivity index (χ4v) is 3.79. The Morgan fingerprint density at radius 2 is 1.93 bits per heavy atom. The van der Waals surface area contributed by atoms with Crippen LogP contribution in [0.1, 0.15) is 12.5 Å². The van der Waals surface area contributed by atoms with E-state index in [1.807, 2.05) is 43.3 Å². The lowest BCUT2D eigenvalue weighted by atomic mass is 10.2. The highest BCUT2D eigenvalue weighted by Gasteiger charge is 2.33. The Balaban J connectivity index is 1.90. The number of halogens is 2. The molecule has 0 N–H and O–H groups in total. The number of carbonyl (C=O) groups excluding carboxylic acids is 1. The fourth-order valence-electron chi connectivity index (χ4n) is 2.46. The number of benzene rings is 2. The van der Waals surface area contributed by atoms with Crippen LogP contribution in [-0.4, -0.2) is 35.7 Å². The molecule has 2 aromatic rings. The van der Waals surface area contributed by atoms with E-state index in [0.29, 0.717) is 39.9 Å². The van der Waals surface area contributed by atoms with Crippen molar-refractivity contribution in [2.24, 2.45) is 4.99 Å². The molecule has 0 radical (unpaired) electrons. The van der Waals surface area contributed by atoms with Crippen molar-refractivity contribution in [3.05, 3.63) is 69.0 Å². The molecule has 140 valence electrons. The van der Waals surface area contributed by atoms with E-state index in [4.69, 9.17) is 27.9 Å². The van der Waals surface area contributed by atoms with Gasteiger partial charge in [-0.1, -0.05) is 47.5 Å². The van der Waals surface area contributed by atoms with Gasteiger partial charge in [0.05, 0.1) is 33.8 Å². The summed E-state index contributed by atoms with van der Waals surface area (Å²) in [4.78, 5) is 19.8. The molecule has 2 aromatic carbocycles. The minimum absolute atomic E-state index is 0.0968. The molecule has 1 fully saturated rings. The number of para-hydroxylation sites is 1. The van der Waals surface area contributed by atoms with Crippen LogP contribution in [0.25, 0.3) is 6.08 Å². The number of amides is 1. The number of thioether (sulfide) groups is 1. The first-order chi connectivity index (χ1) is 13.1. The lowest BCUT2D eigenvalue weighted by molar-refractivity contribution is -0.122. The van der Waals surface area contributed by atoms with Gasteiger partial charge in [0.15, 0.2) is 5.17 Å². The second-order valence-corrected chi connectivity index (χ2v) is 7.49. The number of hydrogen-bond acceptors (Lipinski definition) is 4.